The molecule has 0 bridgehead atoms. The van der Waals surface area contributed by atoms with Gasteiger partial charge in [-0.2, -0.15) is 0 Å². The third-order valence-corrected chi connectivity index (χ3v) is 8.11. The number of nitrogens with zero attached hydrogens (tertiary/aromatic N) is 2. The Bertz CT molecular complexity index is 2270. The summed E-state index contributed by atoms with van der Waals surface area (Å²) in [5, 5.41) is 5.73. The predicted octanol–water partition coefficient (Wildman–Crippen LogP) is 10.8. The van der Waals surface area contributed by atoms with Crippen LogP contribution < -0.4 is 4.90 Å². The van der Waals surface area contributed by atoms with Crippen LogP contribution in [-0.4, -0.2) is 4.98 Å². The van der Waals surface area contributed by atoms with Crippen LogP contribution in [0.15, 0.2) is 121 Å². The summed E-state index contributed by atoms with van der Waals surface area (Å²) in [6.07, 6.45) is 1.72. The highest BCUT2D eigenvalue weighted by Gasteiger charge is 2.32. The molecule has 0 spiro atoms. The van der Waals surface area contributed by atoms with E-state index in [4.69, 9.17) is 0 Å². The molecule has 0 radical (unpaired) electrons. The van der Waals surface area contributed by atoms with Gasteiger partial charge in [0.1, 0.15) is 5.69 Å². The minimum Gasteiger partial charge on any atom is -0.305 e. The second-order valence-electron chi connectivity index (χ2n) is 10.5. The first kappa shape index (κ1) is 25.2. The van der Waals surface area contributed by atoms with Gasteiger partial charge in [-0.3, -0.25) is 4.98 Å². The van der Waals surface area contributed by atoms with E-state index in [1.165, 1.54) is 11.0 Å². The molecule has 0 unspecified atom stereocenters. The maximum absolute atomic E-state index is 16.2. The van der Waals surface area contributed by atoms with Crippen molar-refractivity contribution in [2.45, 2.75) is 0 Å². The Balaban J connectivity index is 1.41. The van der Waals surface area contributed by atoms with Crippen molar-refractivity contribution >= 4 is 60.3 Å². The highest BCUT2D eigenvalue weighted by Crippen LogP contribution is 2.46. The van der Waals surface area contributed by atoms with Crippen LogP contribution in [0.3, 0.4) is 0 Å². The van der Waals surface area contributed by atoms with Crippen molar-refractivity contribution in [2.24, 2.45) is 0 Å². The van der Waals surface area contributed by atoms with Crippen LogP contribution in [0.2, 0.25) is 0 Å². The molecule has 0 amide bonds. The Labute approximate surface area is 243 Å². The van der Waals surface area contributed by atoms with E-state index in [-0.39, 0.29) is 5.56 Å². The number of anilines is 3. The lowest BCUT2D eigenvalue weighted by Gasteiger charge is -2.27. The Morgan fingerprint density at radius 1 is 0.488 bits per heavy atom. The van der Waals surface area contributed by atoms with Crippen molar-refractivity contribution in [3.05, 3.63) is 145 Å². The lowest BCUT2D eigenvalue weighted by molar-refractivity contribution is 0.461. The van der Waals surface area contributed by atoms with Crippen molar-refractivity contribution in [1.29, 1.82) is 0 Å². The molecular weight excluding hydrogens is 548 g/mol. The normalized spacial score (nSPS) is 11.7. The zero-order valence-electron chi connectivity index (χ0n) is 22.5. The molecule has 0 saturated heterocycles. The average Bonchev–Trinajstić information content (AvgIpc) is 3.05. The predicted molar refractivity (Wildman–Crippen MR) is 165 cm³/mol. The van der Waals surface area contributed by atoms with Crippen molar-refractivity contribution in [3.63, 3.8) is 0 Å². The summed E-state index contributed by atoms with van der Waals surface area (Å²) in [6.45, 7) is 0. The number of halogens is 4. The highest BCUT2D eigenvalue weighted by atomic mass is 19.2. The summed E-state index contributed by atoms with van der Waals surface area (Å²) in [5.74, 6) is -5.90. The molecule has 1 aromatic heterocycles. The molecule has 0 saturated carbocycles. The van der Waals surface area contributed by atoms with Crippen LogP contribution in [0.4, 0.5) is 34.6 Å². The van der Waals surface area contributed by atoms with Gasteiger partial charge in [0.05, 0.1) is 11.1 Å². The van der Waals surface area contributed by atoms with Crippen molar-refractivity contribution < 1.29 is 17.6 Å². The number of rotatable bonds is 4. The topological polar surface area (TPSA) is 16.1 Å². The van der Waals surface area contributed by atoms with Crippen LogP contribution in [0, 0.1) is 23.3 Å². The summed E-state index contributed by atoms with van der Waals surface area (Å²) in [4.78, 5) is 5.75. The summed E-state index contributed by atoms with van der Waals surface area (Å²) in [7, 11) is 0. The lowest BCUT2D eigenvalue weighted by Crippen LogP contribution is -2.16. The first-order valence-corrected chi connectivity index (χ1v) is 13.7. The van der Waals surface area contributed by atoms with Crippen LogP contribution in [-0.2, 0) is 0 Å². The van der Waals surface area contributed by atoms with Gasteiger partial charge >= 0.3 is 0 Å². The Hall–Kier alpha value is -5.49. The van der Waals surface area contributed by atoms with Gasteiger partial charge < -0.3 is 4.90 Å². The molecule has 8 rings (SSSR count). The molecule has 0 aliphatic carbocycles. The summed E-state index contributed by atoms with van der Waals surface area (Å²) in [6, 6.07) is 33.4. The third kappa shape index (κ3) is 3.69. The molecule has 2 nitrogen and oxygen atoms in total. The SMILES string of the molecule is Fc1c(F)c(N(c2ccccc2)c2ccccc2)c(F)c(F)c1-c1ccc2ccc3cc4cccnc4c4ccc1c2c34. The smallest absolute Gasteiger partial charge is 0.186 e. The van der Waals surface area contributed by atoms with Gasteiger partial charge in [0.15, 0.2) is 23.3 Å². The van der Waals surface area contributed by atoms with Gasteiger partial charge in [0.2, 0.25) is 0 Å². The van der Waals surface area contributed by atoms with Gasteiger partial charge in [-0.1, -0.05) is 78.9 Å². The lowest BCUT2D eigenvalue weighted by atomic mass is 9.88. The fourth-order valence-corrected chi connectivity index (χ4v) is 6.25. The summed E-state index contributed by atoms with van der Waals surface area (Å²) in [5.41, 5.74) is -0.0146. The van der Waals surface area contributed by atoms with Crippen molar-refractivity contribution in [1.82, 2.24) is 4.98 Å². The molecule has 0 aliphatic heterocycles. The van der Waals surface area contributed by atoms with Crippen LogP contribution >= 0.6 is 0 Å². The molecule has 0 N–H and O–H groups in total. The van der Waals surface area contributed by atoms with Gasteiger partial charge in [0.25, 0.3) is 0 Å². The maximum Gasteiger partial charge on any atom is 0.186 e. The Kier molecular flexibility index (Phi) is 5.59. The van der Waals surface area contributed by atoms with Crippen LogP contribution in [0.5, 0.6) is 0 Å². The van der Waals surface area contributed by atoms with E-state index in [0.29, 0.717) is 16.8 Å². The Morgan fingerprint density at radius 2 is 1.07 bits per heavy atom. The van der Waals surface area contributed by atoms with Crippen molar-refractivity contribution in [3.8, 4) is 11.1 Å². The number of hydrogen-bond acceptors (Lipinski definition) is 2. The molecular formula is C37H20F4N2. The molecule has 8 aromatic rings. The van der Waals surface area contributed by atoms with E-state index in [9.17, 15) is 0 Å². The molecule has 43 heavy (non-hydrogen) atoms. The van der Waals surface area contributed by atoms with E-state index in [1.807, 2.05) is 36.4 Å². The van der Waals surface area contributed by atoms with Gasteiger partial charge in [-0.15, -0.1) is 0 Å². The molecule has 6 heteroatoms. The number of fused-ring (bicyclic) bond motifs is 2. The van der Waals surface area contributed by atoms with Crippen LogP contribution in [0.25, 0.3) is 54.3 Å². The minimum atomic E-state index is -1.48. The monoisotopic (exact) mass is 568 g/mol. The fourth-order valence-electron chi connectivity index (χ4n) is 6.25. The van der Waals surface area contributed by atoms with Crippen LogP contribution in [0.1, 0.15) is 0 Å². The average molecular weight is 569 g/mol. The summed E-state index contributed by atoms with van der Waals surface area (Å²) < 4.78 is 64.7. The van der Waals surface area contributed by atoms with Gasteiger partial charge in [0, 0.05) is 28.3 Å². The first-order valence-electron chi connectivity index (χ1n) is 13.7. The minimum absolute atomic E-state index is 0.0633. The molecule has 206 valence electrons. The maximum atomic E-state index is 16.2. The highest BCUT2D eigenvalue weighted by molar-refractivity contribution is 6.30. The molecule has 0 aliphatic rings. The zero-order chi connectivity index (χ0) is 29.2. The molecule has 1 heterocycles. The van der Waals surface area contributed by atoms with Gasteiger partial charge in [-0.05, 0) is 68.9 Å². The summed E-state index contributed by atoms with van der Waals surface area (Å²) >= 11 is 0. The molecule has 0 atom stereocenters. The third-order valence-electron chi connectivity index (χ3n) is 8.11. The number of aromatic nitrogens is 1. The second-order valence-corrected chi connectivity index (χ2v) is 10.5. The van der Waals surface area contributed by atoms with Gasteiger partial charge in [-0.25, -0.2) is 17.6 Å². The zero-order valence-corrected chi connectivity index (χ0v) is 22.5. The van der Waals surface area contributed by atoms with E-state index < -0.39 is 34.5 Å². The number of benzene rings is 7. The van der Waals surface area contributed by atoms with Crippen molar-refractivity contribution in [2.75, 3.05) is 4.90 Å². The van der Waals surface area contributed by atoms with E-state index in [0.717, 1.165) is 37.8 Å². The quantitative estimate of drug-likeness (QED) is 0.0909. The standard InChI is InChI=1S/C37H20F4N2/c38-32-31(33(39)35(41)37(34(32)40)43(24-9-3-1-4-10-24)25-11-5-2-6-12-25)27-16-15-21-13-14-22-20-23-8-7-19-42-36(23)28-18-17-26(27)29(21)30(22)28/h1-20H. The number of hydrogen-bond donors (Lipinski definition) is 0. The van der Waals surface area contributed by atoms with E-state index in [2.05, 4.69) is 4.98 Å². The second kappa shape index (κ2) is 9.53. The van der Waals surface area contributed by atoms with E-state index in [1.54, 1.807) is 79.0 Å². The first-order chi connectivity index (χ1) is 21.0. The number of pyridine rings is 1. The molecule has 0 fully saturated rings. The fraction of sp³-hybridized carbons (Fsp3) is 0. The largest absolute Gasteiger partial charge is 0.305 e. The molecule has 7 aromatic carbocycles. The number of para-hydroxylation sites is 2. The Morgan fingerprint density at radius 3 is 1.74 bits per heavy atom. The van der Waals surface area contributed by atoms with E-state index >= 15 is 17.6 Å².